The zero-order valence-corrected chi connectivity index (χ0v) is 54.1. The topological polar surface area (TPSA) is 460 Å². The summed E-state index contributed by atoms with van der Waals surface area (Å²) >= 11 is 0. The molecule has 7 amide bonds. The number of rotatable bonds is 26. The molecule has 0 spiro atoms. The number of aliphatic hydroxyl groups excluding tert-OH is 2. The average molecular weight is 1270 g/mol. The number of ether oxygens (including phenoxy) is 1. The van der Waals surface area contributed by atoms with Crippen LogP contribution in [0.3, 0.4) is 0 Å². The van der Waals surface area contributed by atoms with Crippen LogP contribution in [0.15, 0.2) is 67.8 Å². The van der Waals surface area contributed by atoms with Gasteiger partial charge in [0.25, 0.3) is 0 Å². The lowest BCUT2D eigenvalue weighted by molar-refractivity contribution is -0.124. The molecule has 0 aliphatic carbocycles. The number of carbonyl (C=O) groups excluding carboxylic acids is 7. The maximum Gasteiger partial charge on any atom is 0.472 e. The number of phosphoric ester groups is 1. The second-order valence-electron chi connectivity index (χ2n) is 27.1. The summed E-state index contributed by atoms with van der Waals surface area (Å²) in [7, 11) is -5.07. The fourth-order valence-electron chi connectivity index (χ4n) is 15.4. The highest BCUT2D eigenvalue weighted by molar-refractivity contribution is 7.47. The Morgan fingerprint density at radius 1 is 0.800 bits per heavy atom. The van der Waals surface area contributed by atoms with Crippen LogP contribution in [-0.2, 0) is 51.9 Å². The number of benzene rings is 1. The van der Waals surface area contributed by atoms with Crippen LogP contribution in [0.1, 0.15) is 150 Å². The highest BCUT2D eigenvalue weighted by Crippen LogP contribution is 2.63. The number of hydrogen-bond donors (Lipinski definition) is 11. The third-order valence-corrected chi connectivity index (χ3v) is 21.7. The first-order valence-electron chi connectivity index (χ1n) is 30.6. The number of nitrogens with two attached hydrogens (primary N) is 6. The van der Waals surface area contributed by atoms with Crippen molar-refractivity contribution in [2.75, 3.05) is 13.2 Å². The summed E-state index contributed by atoms with van der Waals surface area (Å²) in [6.45, 7) is 19.3. The number of amides is 7. The van der Waals surface area contributed by atoms with E-state index >= 15 is 0 Å². The summed E-state index contributed by atoms with van der Waals surface area (Å²) in [6, 6.07) is 2.70. The Labute approximate surface area is 523 Å². The first-order valence-corrected chi connectivity index (χ1v) is 32.1. The van der Waals surface area contributed by atoms with E-state index in [9.17, 15) is 53.2 Å². The normalized spacial score (nSPS) is 33.4. The number of hydrogen-bond acceptors (Lipinski definition) is 18. The first kappa shape index (κ1) is 68.9. The van der Waals surface area contributed by atoms with Gasteiger partial charge >= 0.3 is 7.82 Å². The van der Waals surface area contributed by atoms with Crippen LogP contribution in [0.2, 0.25) is 0 Å². The third kappa shape index (κ3) is 13.0. The van der Waals surface area contributed by atoms with Gasteiger partial charge in [0.2, 0.25) is 41.4 Å². The van der Waals surface area contributed by atoms with Crippen LogP contribution in [0.25, 0.3) is 11.0 Å². The Balaban J connectivity index is 1.19. The largest absolute Gasteiger partial charge is 0.472 e. The summed E-state index contributed by atoms with van der Waals surface area (Å²) in [5.41, 5.74) is 37.4. The molecule has 492 valence electrons. The minimum absolute atomic E-state index is 0.0114. The van der Waals surface area contributed by atoms with E-state index in [-0.39, 0.29) is 77.2 Å². The molecule has 7 heterocycles. The number of aromatic nitrogens is 2. The Morgan fingerprint density at radius 2 is 1.40 bits per heavy atom. The van der Waals surface area contributed by atoms with E-state index in [2.05, 4.69) is 15.6 Å². The molecule has 6 aliphatic rings. The van der Waals surface area contributed by atoms with E-state index in [1.54, 1.807) is 4.57 Å². The van der Waals surface area contributed by atoms with Gasteiger partial charge in [-0.2, -0.15) is 0 Å². The molecule has 15 atom stereocenters. The van der Waals surface area contributed by atoms with Gasteiger partial charge in [0.1, 0.15) is 18.3 Å². The number of phosphoric acid groups is 1. The summed E-state index contributed by atoms with van der Waals surface area (Å²) in [5, 5.41) is 28.2. The van der Waals surface area contributed by atoms with Crippen molar-refractivity contribution >= 4 is 77.3 Å². The van der Waals surface area contributed by atoms with Crippen molar-refractivity contribution < 1.29 is 67.0 Å². The average Bonchev–Trinajstić information content (AvgIpc) is 1.53. The number of carbonyl (C=O) groups is 7. The van der Waals surface area contributed by atoms with Gasteiger partial charge in [0.05, 0.1) is 41.7 Å². The molecule has 1 aromatic heterocycles. The van der Waals surface area contributed by atoms with Crippen LogP contribution in [-0.4, -0.2) is 132 Å². The SMILES string of the molecule is CC1=C2N/C(=C\C3=NC(=C(/C)C4=NC([C@H](CC(N)=O)[C@@]4(C)CCC(=O)NCC(C)OP(=O)(O)O[C@H]4[C@@H](O)[C@H](n5cnc6cc(C)c(C)cc65)O[C@@H]4CO)[C@]4(C)N=C1[C@@H](CCC(N)=O)[C@]4(C)CC(N)=O)/[C@@H](CCC(N)=O)C3(C)C)[C@@H](CCC(N)=O)[C@]2(C)CC(N)=O. The van der Waals surface area contributed by atoms with Crippen LogP contribution in [0, 0.1) is 59.2 Å². The van der Waals surface area contributed by atoms with Crippen molar-refractivity contribution in [2.45, 2.75) is 189 Å². The van der Waals surface area contributed by atoms with Gasteiger partial charge in [-0.3, -0.25) is 57.6 Å². The van der Waals surface area contributed by atoms with Gasteiger partial charge in [0, 0.05) is 131 Å². The fourth-order valence-corrected chi connectivity index (χ4v) is 16.6. The summed E-state index contributed by atoms with van der Waals surface area (Å²) < 4.78 is 32.3. The van der Waals surface area contributed by atoms with Gasteiger partial charge in [-0.15, -0.1) is 0 Å². The molecular weight excluding hydrogens is 1180 g/mol. The van der Waals surface area contributed by atoms with Crippen LogP contribution in [0.4, 0.5) is 0 Å². The first-order chi connectivity index (χ1) is 41.8. The molecule has 2 saturated heterocycles. The van der Waals surface area contributed by atoms with Crippen molar-refractivity contribution in [3.8, 4) is 0 Å². The number of aryl methyl sites for hydroxylation is 2. The Bertz CT molecular complexity index is 3540. The van der Waals surface area contributed by atoms with Gasteiger partial charge in [-0.1, -0.05) is 34.6 Å². The standard InChI is InChI=1S/C62H90N13O14P/c1-29-20-39-40(21-30(29)2)75(28-70-39)57-52(84)53(41(27-76)87-57)89-90(85,86)88-31(3)26-69-49(83)18-19-59(8)37(22-46(66)80)56-62(11)61(10,25-48(68)82)36(14-17-45(65)79)51(74-62)33(5)55-60(9,24-47(67)81)34(12-15-43(63)77)38(71-55)23-42-58(6,7)35(13-16-44(64)78)50(72-42)32(4)54(59)73-56/h20-21,23,28,31,34-37,41,52-53,56-57,71,76,84H,12-19,22,24-27H2,1-11H3,(H2,63,77)(H2,64,78)(H2,65,79)(H2,66,80)(H2,67,81)(H2,68,82)(H,69,83)(H,85,86)/b38-23-,50-32-,55-33?/t31?,34-,35-,36-,37+,41-,52-,53-,56?,57-,59-,60+,61+,62+/m1/s1. The lowest BCUT2D eigenvalue weighted by Crippen LogP contribution is -2.56. The number of aliphatic imine (C=N–C) groups is 3. The molecule has 6 aliphatic heterocycles. The molecule has 8 rings (SSSR count). The minimum Gasteiger partial charge on any atom is -0.394 e. The van der Waals surface area contributed by atoms with Crippen molar-refractivity contribution in [3.05, 3.63) is 63.9 Å². The quantitative estimate of drug-likeness (QED) is 0.0603. The molecule has 3 unspecified atom stereocenters. The Kier molecular flexibility index (Phi) is 19.6. The van der Waals surface area contributed by atoms with Crippen LogP contribution >= 0.6 is 7.82 Å². The zero-order chi connectivity index (χ0) is 66.7. The molecular formula is C62H90N13O14P. The summed E-state index contributed by atoms with van der Waals surface area (Å²) in [5.74, 6) is -7.18. The second-order valence-corrected chi connectivity index (χ2v) is 28.4. The number of nitrogens with one attached hydrogen (secondary N) is 2. The summed E-state index contributed by atoms with van der Waals surface area (Å²) in [6.07, 6.45) is -4.26. The van der Waals surface area contributed by atoms with Gasteiger partial charge in [-0.05, 0) is 108 Å². The highest BCUT2D eigenvalue weighted by atomic mass is 31.2. The molecule has 17 N–H and O–H groups in total. The Morgan fingerprint density at radius 3 is 1.99 bits per heavy atom. The predicted molar refractivity (Wildman–Crippen MR) is 334 cm³/mol. The molecule has 2 aromatic rings. The second kappa shape index (κ2) is 25.6. The van der Waals surface area contributed by atoms with Crippen molar-refractivity contribution in [3.63, 3.8) is 0 Å². The number of aliphatic hydroxyl groups is 2. The predicted octanol–water partition coefficient (Wildman–Crippen LogP) is 3.16. The lowest BCUT2D eigenvalue weighted by atomic mass is 9.55. The minimum atomic E-state index is -5.07. The molecule has 2 fully saturated rings. The van der Waals surface area contributed by atoms with Gasteiger partial charge in [-0.25, -0.2) is 9.55 Å². The maximum absolute atomic E-state index is 14.4. The molecule has 0 radical (unpaired) electrons. The number of nitrogens with zero attached hydrogens (tertiary/aromatic N) is 5. The molecule has 90 heavy (non-hydrogen) atoms. The molecule has 1 aromatic carbocycles. The van der Waals surface area contributed by atoms with Crippen molar-refractivity contribution in [1.29, 1.82) is 0 Å². The summed E-state index contributed by atoms with van der Waals surface area (Å²) in [4.78, 5) is 126. The van der Waals surface area contributed by atoms with E-state index in [1.165, 1.54) is 13.3 Å². The zero-order valence-electron chi connectivity index (χ0n) is 53.3. The number of imidazole rings is 1. The molecule has 0 saturated carbocycles. The van der Waals surface area contributed by atoms with Crippen LogP contribution < -0.4 is 45.0 Å². The van der Waals surface area contributed by atoms with Crippen LogP contribution in [0.5, 0.6) is 0 Å². The van der Waals surface area contributed by atoms with Crippen molar-refractivity contribution in [1.82, 2.24) is 20.2 Å². The molecule has 27 nitrogen and oxygen atoms in total. The van der Waals surface area contributed by atoms with E-state index in [1.807, 2.05) is 87.4 Å². The number of primary amides is 6. The number of allylic oxidation sites excluding steroid dienone is 6. The van der Waals surface area contributed by atoms with E-state index in [0.29, 0.717) is 56.4 Å². The smallest absolute Gasteiger partial charge is 0.394 e. The molecule has 28 heteroatoms. The Hall–Kier alpha value is -7.00. The van der Waals surface area contributed by atoms with Crippen molar-refractivity contribution in [2.24, 2.45) is 94.7 Å². The van der Waals surface area contributed by atoms with Gasteiger partial charge in [0.15, 0.2) is 6.23 Å². The molecule has 8 bridgehead atoms. The number of fused-ring (bicyclic) bond motifs is 7. The van der Waals surface area contributed by atoms with E-state index < -0.39 is 143 Å². The fraction of sp³-hybridized carbons (Fsp3) is 0.629. The third-order valence-electron chi connectivity index (χ3n) is 20.6. The maximum atomic E-state index is 14.4. The highest BCUT2D eigenvalue weighted by Gasteiger charge is 2.66. The van der Waals surface area contributed by atoms with Gasteiger partial charge < -0.3 is 69.4 Å². The monoisotopic (exact) mass is 1270 g/mol. The lowest BCUT2D eigenvalue weighted by Gasteiger charge is -2.48. The van der Waals surface area contributed by atoms with E-state index in [0.717, 1.165) is 11.1 Å². The van der Waals surface area contributed by atoms with E-state index in [4.69, 9.17) is 63.2 Å².